The van der Waals surface area contributed by atoms with E-state index in [0.29, 0.717) is 41.7 Å². The average molecular weight is 2110 g/mol. The third kappa shape index (κ3) is 19.2. The SMILES string of the molecule is Cc1noc(C)c1-c1cnc2c(-c3cnn(C)c3)cn([C@@H](C)c3ccccc3)c2c1.Cc1noc(C)c1-c1cnc2c(-c3cnn(C)c3)cn([C@H](C)c3ccccc3)c2c1.Cc1noc(C)c1-c1cnc2c(I)cn(C(C)c3ccccc3)c2c1.Cc1noc(C)c1-c1cnc2c(I)cn(CC3(F)CCCCC3)c2c1.[2H]C([2H])(F)C(c1ccccc1)n1cc(-c2cnn(C)c2)c2ncc(-c3c(C)noc3C)cc21. The van der Waals surface area contributed by atoms with Crippen molar-refractivity contribution in [2.75, 3.05) is 6.63 Å². The van der Waals surface area contributed by atoms with Crippen LogP contribution in [0.4, 0.5) is 8.78 Å². The summed E-state index contributed by atoms with van der Waals surface area (Å²) in [6, 6.07) is 50.2. The highest BCUT2D eigenvalue weighted by Gasteiger charge is 2.34. The predicted molar refractivity (Wildman–Crippen MR) is 564 cm³/mol. The summed E-state index contributed by atoms with van der Waals surface area (Å²) in [6.07, 6.45) is 35.4. The number of fused-ring (bicyclic) bond motifs is 5. The van der Waals surface area contributed by atoms with Crippen molar-refractivity contribution >= 4 is 100 Å². The minimum atomic E-state index is -3.03. The summed E-state index contributed by atoms with van der Waals surface area (Å²) in [5, 5.41) is 33.3. The van der Waals surface area contributed by atoms with E-state index in [-0.39, 0.29) is 18.1 Å². The van der Waals surface area contributed by atoms with Crippen molar-refractivity contribution in [2.45, 2.75) is 158 Å². The number of halogens is 4. The van der Waals surface area contributed by atoms with Crippen LogP contribution in [0.3, 0.4) is 0 Å². The number of rotatable bonds is 19. The quantitative estimate of drug-likeness (QED) is 0.0680. The molecule has 22 aromatic rings. The van der Waals surface area contributed by atoms with Gasteiger partial charge < -0.3 is 45.5 Å². The Kier molecular flexibility index (Phi) is 26.5. The van der Waals surface area contributed by atoms with E-state index in [2.05, 4.69) is 241 Å². The van der Waals surface area contributed by atoms with Gasteiger partial charge in [0.15, 0.2) is 0 Å². The molecular formula is C111H107F2I2N21O5. The monoisotopic (exact) mass is 2110 g/mol. The number of pyridine rings is 5. The Bertz CT molecular complexity index is 8040. The van der Waals surface area contributed by atoms with Crippen molar-refractivity contribution in [2.24, 2.45) is 21.1 Å². The zero-order chi connectivity index (χ0) is 100. The van der Waals surface area contributed by atoms with Gasteiger partial charge in [-0.05, 0) is 201 Å². The van der Waals surface area contributed by atoms with Crippen LogP contribution in [0.1, 0.15) is 159 Å². The zero-order valence-corrected chi connectivity index (χ0v) is 85.5. The Morgan fingerprint density at radius 2 is 0.617 bits per heavy atom. The lowest BCUT2D eigenvalue weighted by Gasteiger charge is -2.30. The number of alkyl halides is 2. The number of aryl methyl sites for hydroxylation is 13. The highest BCUT2D eigenvalue weighted by atomic mass is 127. The van der Waals surface area contributed by atoms with Gasteiger partial charge in [0.05, 0.1) is 132 Å². The molecule has 18 aromatic heterocycles. The van der Waals surface area contributed by atoms with Crippen LogP contribution in [0.25, 0.3) is 144 Å². The predicted octanol–water partition coefficient (Wildman–Crippen LogP) is 27.0. The van der Waals surface area contributed by atoms with Gasteiger partial charge in [0.2, 0.25) is 0 Å². The van der Waals surface area contributed by atoms with Gasteiger partial charge in [-0.25, -0.2) is 8.78 Å². The summed E-state index contributed by atoms with van der Waals surface area (Å²) < 4.78 is 91.2. The van der Waals surface area contributed by atoms with Crippen LogP contribution in [-0.4, -0.2) is 115 Å². The van der Waals surface area contributed by atoms with E-state index < -0.39 is 18.3 Å². The van der Waals surface area contributed by atoms with Gasteiger partial charge >= 0.3 is 0 Å². The first-order valence-electron chi connectivity index (χ1n) is 47.8. The van der Waals surface area contributed by atoms with Gasteiger partial charge in [0.1, 0.15) is 52.1 Å². The molecule has 26 nitrogen and oxygen atoms in total. The molecule has 0 bridgehead atoms. The maximum atomic E-state index is 15.2. The second-order valence-electron chi connectivity index (χ2n) is 36.4. The number of hydrogen-bond acceptors (Lipinski definition) is 18. The molecule has 0 aliphatic heterocycles. The zero-order valence-electron chi connectivity index (χ0n) is 83.2. The molecule has 4 atom stereocenters. The molecule has 4 aromatic carbocycles. The van der Waals surface area contributed by atoms with Gasteiger partial charge in [-0.3, -0.25) is 39.0 Å². The highest BCUT2D eigenvalue weighted by molar-refractivity contribution is 14.1. The van der Waals surface area contributed by atoms with E-state index >= 15 is 8.78 Å². The molecule has 2 unspecified atom stereocenters. The summed E-state index contributed by atoms with van der Waals surface area (Å²) in [6.45, 7) is 23.2. The lowest BCUT2D eigenvalue weighted by Crippen LogP contribution is -2.31. The Morgan fingerprint density at radius 1 is 0.340 bits per heavy atom. The third-order valence-electron chi connectivity index (χ3n) is 26.8. The fourth-order valence-electron chi connectivity index (χ4n) is 19.6. The molecule has 0 saturated heterocycles. The van der Waals surface area contributed by atoms with Crippen LogP contribution < -0.4 is 0 Å². The average Bonchev–Trinajstić information content (AvgIpc) is 1.60. The summed E-state index contributed by atoms with van der Waals surface area (Å²) >= 11 is 4.64. The molecule has 0 spiro atoms. The third-order valence-corrected chi connectivity index (χ3v) is 28.3. The van der Waals surface area contributed by atoms with Crippen molar-refractivity contribution in [3.05, 3.63) is 337 Å². The molecular weight excluding hydrogens is 2000 g/mol. The van der Waals surface area contributed by atoms with Gasteiger partial charge in [-0.1, -0.05) is 166 Å². The second kappa shape index (κ2) is 40.3. The molecule has 0 N–H and O–H groups in total. The maximum Gasteiger partial charge on any atom is 0.141 e. The fraction of sp³-hybridized carbons (Fsp3) is 0.252. The van der Waals surface area contributed by atoms with Crippen molar-refractivity contribution < 1.29 is 34.1 Å². The van der Waals surface area contributed by atoms with Gasteiger partial charge in [-0.15, -0.1) is 0 Å². The van der Waals surface area contributed by atoms with Crippen LogP contribution in [0.2, 0.25) is 0 Å². The summed E-state index contributed by atoms with van der Waals surface area (Å²) in [4.78, 5) is 23.8. The van der Waals surface area contributed by atoms with Crippen LogP contribution >= 0.6 is 45.2 Å². The van der Waals surface area contributed by atoms with E-state index in [4.69, 9.17) is 45.3 Å². The number of aromatic nitrogens is 21. The Labute approximate surface area is 843 Å². The number of hydrogen-bond donors (Lipinski definition) is 0. The van der Waals surface area contributed by atoms with E-state index in [0.717, 1.165) is 211 Å². The lowest BCUT2D eigenvalue weighted by atomic mass is 9.86. The molecule has 1 aliphatic rings. The molecule has 0 radical (unpaired) electrons. The molecule has 714 valence electrons. The number of benzene rings is 4. The first kappa shape index (κ1) is 92.7. The van der Waals surface area contributed by atoms with E-state index in [1.54, 1.807) is 52.1 Å². The van der Waals surface area contributed by atoms with Crippen LogP contribution in [-0.2, 0) is 27.7 Å². The Hall–Kier alpha value is -14.7. The number of nitrogens with zero attached hydrogens (tertiary/aromatic N) is 21. The van der Waals surface area contributed by atoms with Gasteiger partial charge in [-0.2, -0.15) is 15.3 Å². The minimum absolute atomic E-state index is 0.154. The molecule has 1 aliphatic carbocycles. The van der Waals surface area contributed by atoms with Gasteiger partial charge in [0, 0.05) is 191 Å². The van der Waals surface area contributed by atoms with Crippen molar-refractivity contribution in [3.8, 4) is 89.0 Å². The standard InChI is InChI=1S/C24H22FN5O.2C24H23N5O.C20H18IN3O.C19H21FIN3O/c1-15-23(16(2)31-28-15)18-9-21-24(26-11-18)20(19-12-27-29(3)13-19)14-30(21)22(10-25)17-7-5-4-6-8-17;2*1-15-23(17(3)30-27-15)19-10-22-24(25-11-19)21(20-12-26-28(4)13-20)14-29(22)16(2)18-8-6-5-7-9-18;1-12-19(14(3)25-23-12)16-9-18-20(22-10-16)17(21)11-24(18)13(2)15-7-5-4-6-8-15;1-12-17(13(2)25-23-12)14-8-16-18(22-9-14)15(21)10-24(16)11-19(20)6-4-3-5-7-19/h4-9,11-14,22H,10H2,1-3H3;2*5-14,16H,1-4H3;4-11,13H,1-3H3;8-10H,3-7,11H2,1-2H3/t;2*16-;;/m.10../s1/i10D2;;;;. The second-order valence-corrected chi connectivity index (χ2v) is 38.7. The maximum absolute atomic E-state index is 15.2. The molecule has 0 amide bonds. The van der Waals surface area contributed by atoms with Crippen molar-refractivity contribution in [3.63, 3.8) is 0 Å². The molecule has 30 heteroatoms. The van der Waals surface area contributed by atoms with Crippen LogP contribution in [0.15, 0.2) is 273 Å². The van der Waals surface area contributed by atoms with Crippen LogP contribution in [0, 0.1) is 76.4 Å². The Morgan fingerprint density at radius 3 is 0.922 bits per heavy atom. The summed E-state index contributed by atoms with van der Waals surface area (Å²) in [5.41, 5.74) is 32.2. The summed E-state index contributed by atoms with van der Waals surface area (Å²) in [7, 11) is 5.68. The molecule has 18 heterocycles. The fourth-order valence-corrected chi connectivity index (χ4v) is 21.1. The van der Waals surface area contributed by atoms with Crippen molar-refractivity contribution in [1.82, 2.24) is 103 Å². The lowest BCUT2D eigenvalue weighted by molar-refractivity contribution is 0.0872. The van der Waals surface area contributed by atoms with E-state index in [1.807, 2.05) is 197 Å². The normalized spacial score (nSPS) is 13.7. The first-order chi connectivity index (χ1) is 68.8. The topological polar surface area (TPSA) is 273 Å². The Balaban J connectivity index is 0.000000114. The minimum Gasteiger partial charge on any atom is -0.361 e. The first-order valence-corrected chi connectivity index (χ1v) is 49.0. The summed E-state index contributed by atoms with van der Waals surface area (Å²) in [5.74, 6) is 3.86. The largest absolute Gasteiger partial charge is 0.361 e. The smallest absolute Gasteiger partial charge is 0.141 e. The molecule has 141 heavy (non-hydrogen) atoms. The molecule has 1 fully saturated rings. The van der Waals surface area contributed by atoms with Crippen LogP contribution in [0.5, 0.6) is 0 Å². The van der Waals surface area contributed by atoms with Gasteiger partial charge in [0.25, 0.3) is 0 Å². The molecule has 1 saturated carbocycles. The molecule has 23 rings (SSSR count). The van der Waals surface area contributed by atoms with E-state index in [1.165, 1.54) is 16.7 Å². The highest BCUT2D eigenvalue weighted by Crippen LogP contribution is 2.44. The van der Waals surface area contributed by atoms with E-state index in [9.17, 15) is 0 Å². The van der Waals surface area contributed by atoms with Crippen molar-refractivity contribution in [1.29, 1.82) is 0 Å².